The Morgan fingerprint density at radius 2 is 1.56 bits per heavy atom. The van der Waals surface area contributed by atoms with Crippen LogP contribution in [0.5, 0.6) is 5.75 Å². The maximum Gasteiger partial charge on any atom is 0.264 e. The molecule has 0 heterocycles. The zero-order chi connectivity index (χ0) is 19.4. The molecule has 3 rings (SSSR count). The van der Waals surface area contributed by atoms with E-state index in [9.17, 15) is 8.42 Å². The van der Waals surface area contributed by atoms with Crippen molar-refractivity contribution in [3.05, 3.63) is 90.0 Å². The second-order valence-electron chi connectivity index (χ2n) is 6.40. The Kier molecular flexibility index (Phi) is 5.51. The molecule has 1 atom stereocenters. The van der Waals surface area contributed by atoms with Crippen LogP contribution in [0.25, 0.3) is 0 Å². The molecule has 3 aromatic rings. The number of sulfonamides is 1. The van der Waals surface area contributed by atoms with Crippen LogP contribution in [0, 0.1) is 6.92 Å². The van der Waals surface area contributed by atoms with Gasteiger partial charge in [-0.05, 0) is 61.4 Å². The Balaban J connectivity index is 2.14. The summed E-state index contributed by atoms with van der Waals surface area (Å²) in [6, 6.07) is 23.3. The zero-order valence-electron chi connectivity index (χ0n) is 15.7. The molecule has 5 heteroatoms. The molecule has 0 aliphatic carbocycles. The molecule has 0 spiro atoms. The molecule has 0 bridgehead atoms. The van der Waals surface area contributed by atoms with Crippen molar-refractivity contribution in [3.63, 3.8) is 0 Å². The van der Waals surface area contributed by atoms with Crippen molar-refractivity contribution in [1.29, 1.82) is 0 Å². The first-order valence-corrected chi connectivity index (χ1v) is 10.2. The lowest BCUT2D eigenvalue weighted by Crippen LogP contribution is -2.33. The topological polar surface area (TPSA) is 46.6 Å². The van der Waals surface area contributed by atoms with Crippen LogP contribution in [0.2, 0.25) is 0 Å². The van der Waals surface area contributed by atoms with Crippen LogP contribution < -0.4 is 9.04 Å². The second kappa shape index (κ2) is 7.84. The smallest absolute Gasteiger partial charge is 0.264 e. The maximum absolute atomic E-state index is 13.5. The third-order valence-corrected chi connectivity index (χ3v) is 6.40. The predicted octanol–water partition coefficient (Wildman–Crippen LogP) is 4.96. The average Bonchev–Trinajstić information content (AvgIpc) is 2.69. The predicted molar refractivity (Wildman–Crippen MR) is 109 cm³/mol. The number of benzene rings is 3. The molecular formula is C22H23NO3S. The highest BCUT2D eigenvalue weighted by Gasteiger charge is 2.30. The average molecular weight is 381 g/mol. The molecule has 0 N–H and O–H groups in total. The zero-order valence-corrected chi connectivity index (χ0v) is 16.5. The fraction of sp³-hybridized carbons (Fsp3) is 0.182. The number of rotatable bonds is 6. The van der Waals surface area contributed by atoms with Gasteiger partial charge in [-0.15, -0.1) is 0 Å². The third-order valence-electron chi connectivity index (χ3n) is 4.51. The van der Waals surface area contributed by atoms with Crippen molar-refractivity contribution in [2.75, 3.05) is 11.4 Å². The summed E-state index contributed by atoms with van der Waals surface area (Å²) in [5.74, 6) is 0.680. The first-order chi connectivity index (χ1) is 12.9. The minimum absolute atomic E-state index is 0.279. The van der Waals surface area contributed by atoms with Gasteiger partial charge in [0, 0.05) is 0 Å². The van der Waals surface area contributed by atoms with Crippen LogP contribution in [0.3, 0.4) is 0 Å². The first-order valence-electron chi connectivity index (χ1n) is 8.73. The van der Waals surface area contributed by atoms with Crippen LogP contribution >= 0.6 is 0 Å². The van der Waals surface area contributed by atoms with E-state index >= 15 is 0 Å². The second-order valence-corrected chi connectivity index (χ2v) is 8.22. The Morgan fingerprint density at radius 3 is 2.15 bits per heavy atom. The lowest BCUT2D eigenvalue weighted by Gasteiger charge is -2.31. The van der Waals surface area contributed by atoms with Gasteiger partial charge in [-0.25, -0.2) is 8.42 Å². The summed E-state index contributed by atoms with van der Waals surface area (Å²) in [5, 5.41) is 0. The Hall–Kier alpha value is -2.79. The van der Waals surface area contributed by atoms with Crippen LogP contribution in [0.15, 0.2) is 83.8 Å². The van der Waals surface area contributed by atoms with Crippen LogP contribution in [0.4, 0.5) is 5.69 Å². The van der Waals surface area contributed by atoms with Crippen molar-refractivity contribution in [2.24, 2.45) is 0 Å². The molecule has 0 aliphatic rings. The summed E-state index contributed by atoms with van der Waals surface area (Å²) in [4.78, 5) is 0.279. The van der Waals surface area contributed by atoms with Gasteiger partial charge in [0.15, 0.2) is 0 Å². The fourth-order valence-corrected chi connectivity index (χ4v) is 4.81. The Bertz CT molecular complexity index is 999. The van der Waals surface area contributed by atoms with Crippen molar-refractivity contribution in [1.82, 2.24) is 0 Å². The number of anilines is 1. The van der Waals surface area contributed by atoms with Crippen LogP contribution in [-0.2, 0) is 10.0 Å². The van der Waals surface area contributed by atoms with Gasteiger partial charge in [-0.1, -0.05) is 42.5 Å². The van der Waals surface area contributed by atoms with Crippen LogP contribution in [0.1, 0.15) is 24.1 Å². The molecule has 0 aliphatic heterocycles. The van der Waals surface area contributed by atoms with Crippen molar-refractivity contribution in [3.8, 4) is 5.75 Å². The first kappa shape index (κ1) is 19.0. The minimum atomic E-state index is -3.75. The van der Waals surface area contributed by atoms with E-state index in [-0.39, 0.29) is 10.9 Å². The normalized spacial score (nSPS) is 12.4. The molecule has 0 amide bonds. The minimum Gasteiger partial charge on any atom is -0.497 e. The standard InChI is InChI=1S/C22H23NO3S/c1-17-8-7-11-22(16-17)27(24,25)23(18(2)19-9-5-4-6-10-19)20-12-14-21(26-3)15-13-20/h4-16,18H,1-3H3. The molecule has 0 fully saturated rings. The van der Waals surface area contributed by atoms with E-state index in [0.717, 1.165) is 11.1 Å². The van der Waals surface area contributed by atoms with E-state index in [4.69, 9.17) is 4.74 Å². The van der Waals surface area contributed by atoms with Gasteiger partial charge >= 0.3 is 0 Å². The lowest BCUT2D eigenvalue weighted by atomic mass is 10.1. The molecular weight excluding hydrogens is 358 g/mol. The summed E-state index contributed by atoms with van der Waals surface area (Å²) >= 11 is 0. The summed E-state index contributed by atoms with van der Waals surface area (Å²) in [7, 11) is -2.16. The molecule has 0 saturated heterocycles. The van der Waals surface area contributed by atoms with E-state index in [1.54, 1.807) is 49.6 Å². The molecule has 140 valence electrons. The summed E-state index contributed by atoms with van der Waals surface area (Å²) in [5.41, 5.74) is 2.41. The van der Waals surface area contributed by atoms with Crippen molar-refractivity contribution >= 4 is 15.7 Å². The van der Waals surface area contributed by atoms with E-state index in [1.165, 1.54) is 4.31 Å². The molecule has 4 nitrogen and oxygen atoms in total. The van der Waals surface area contributed by atoms with Crippen molar-refractivity contribution in [2.45, 2.75) is 24.8 Å². The fourth-order valence-electron chi connectivity index (χ4n) is 3.06. The largest absolute Gasteiger partial charge is 0.497 e. The van der Waals surface area contributed by atoms with Gasteiger partial charge in [0.05, 0.1) is 23.7 Å². The van der Waals surface area contributed by atoms with E-state index in [1.807, 2.05) is 50.2 Å². The molecule has 0 aromatic heterocycles. The molecule has 0 radical (unpaired) electrons. The summed E-state index contributed by atoms with van der Waals surface area (Å²) < 4.78 is 33.8. The van der Waals surface area contributed by atoms with Crippen LogP contribution in [-0.4, -0.2) is 15.5 Å². The SMILES string of the molecule is COc1ccc(N(C(C)c2ccccc2)S(=O)(=O)c2cccc(C)c2)cc1. The number of ether oxygens (including phenoxy) is 1. The number of hydrogen-bond donors (Lipinski definition) is 0. The summed E-state index contributed by atoms with van der Waals surface area (Å²) in [6.45, 7) is 3.78. The monoisotopic (exact) mass is 381 g/mol. The Morgan fingerprint density at radius 1 is 0.889 bits per heavy atom. The number of nitrogens with zero attached hydrogens (tertiary/aromatic N) is 1. The van der Waals surface area contributed by atoms with Gasteiger partial charge in [0.1, 0.15) is 5.75 Å². The maximum atomic E-state index is 13.5. The number of methoxy groups -OCH3 is 1. The molecule has 1 unspecified atom stereocenters. The highest BCUT2D eigenvalue weighted by atomic mass is 32.2. The Labute approximate surface area is 161 Å². The van der Waals surface area contributed by atoms with Gasteiger partial charge in [-0.2, -0.15) is 0 Å². The van der Waals surface area contributed by atoms with Gasteiger partial charge in [0.2, 0.25) is 0 Å². The highest BCUT2D eigenvalue weighted by molar-refractivity contribution is 7.92. The van der Waals surface area contributed by atoms with E-state index in [0.29, 0.717) is 11.4 Å². The summed E-state index contributed by atoms with van der Waals surface area (Å²) in [6.07, 6.45) is 0. The molecule has 0 saturated carbocycles. The highest BCUT2D eigenvalue weighted by Crippen LogP contribution is 2.34. The van der Waals surface area contributed by atoms with E-state index < -0.39 is 10.0 Å². The third kappa shape index (κ3) is 3.98. The quantitative estimate of drug-likeness (QED) is 0.606. The van der Waals surface area contributed by atoms with Gasteiger partial charge < -0.3 is 4.74 Å². The van der Waals surface area contributed by atoms with Crippen molar-refractivity contribution < 1.29 is 13.2 Å². The number of aryl methyl sites for hydroxylation is 1. The molecule has 3 aromatic carbocycles. The lowest BCUT2D eigenvalue weighted by molar-refractivity contribution is 0.415. The number of hydrogen-bond acceptors (Lipinski definition) is 3. The van der Waals surface area contributed by atoms with Gasteiger partial charge in [0.25, 0.3) is 10.0 Å². The van der Waals surface area contributed by atoms with E-state index in [2.05, 4.69) is 0 Å². The molecule has 27 heavy (non-hydrogen) atoms. The van der Waals surface area contributed by atoms with Gasteiger partial charge in [-0.3, -0.25) is 4.31 Å².